The topological polar surface area (TPSA) is 64.9 Å². The maximum absolute atomic E-state index is 12.3. The summed E-state index contributed by atoms with van der Waals surface area (Å²) in [5, 5.41) is 14.9. The Morgan fingerprint density at radius 1 is 1.32 bits per heavy atom. The number of nitrogens with zero attached hydrogens (tertiary/aromatic N) is 1. The molecule has 0 aliphatic heterocycles. The van der Waals surface area contributed by atoms with E-state index in [-0.39, 0.29) is 5.57 Å². The fraction of sp³-hybridized carbons (Fsp3) is 0.412. The van der Waals surface area contributed by atoms with Crippen LogP contribution in [0.5, 0.6) is 0 Å². The molecule has 0 saturated carbocycles. The number of rotatable bonds is 8. The summed E-state index contributed by atoms with van der Waals surface area (Å²) in [6.45, 7) is 4.71. The van der Waals surface area contributed by atoms with Crippen molar-refractivity contribution in [3.8, 4) is 6.07 Å². The number of nitriles is 1. The van der Waals surface area contributed by atoms with Gasteiger partial charge in [0, 0.05) is 24.3 Å². The molecule has 0 aromatic heterocycles. The molecule has 0 unspecified atom stereocenters. The minimum atomic E-state index is -0.392. The standard InChI is InChI=1S/C17H22ClN3O/c1-3-13-7-5-8-14(4-2)16(13)21-17(22)15(11-19)12-20-10-6-9-18/h5,7-8,12,20H,3-4,6,9-10H2,1-2H3,(H,21,22)/b15-12-. The highest BCUT2D eigenvalue weighted by molar-refractivity contribution is 6.17. The number of alkyl halides is 1. The van der Waals surface area contributed by atoms with Crippen molar-refractivity contribution in [2.45, 2.75) is 33.1 Å². The molecule has 22 heavy (non-hydrogen) atoms. The van der Waals surface area contributed by atoms with E-state index in [0.29, 0.717) is 12.4 Å². The average Bonchev–Trinajstić information content (AvgIpc) is 2.55. The third kappa shape index (κ3) is 5.09. The second-order valence-electron chi connectivity index (χ2n) is 4.78. The Bertz CT molecular complexity index is 554. The molecule has 0 spiro atoms. The minimum absolute atomic E-state index is 0.0579. The van der Waals surface area contributed by atoms with Gasteiger partial charge in [-0.05, 0) is 30.4 Å². The first kappa shape index (κ1) is 18.1. The van der Waals surface area contributed by atoms with E-state index in [1.165, 1.54) is 6.20 Å². The van der Waals surface area contributed by atoms with Crippen LogP contribution in [-0.2, 0) is 17.6 Å². The fourth-order valence-corrected chi connectivity index (χ4v) is 2.21. The molecule has 0 saturated heterocycles. The van der Waals surface area contributed by atoms with Crippen LogP contribution in [0.25, 0.3) is 0 Å². The Kier molecular flexibility index (Phi) is 8.09. The number of hydrogen-bond acceptors (Lipinski definition) is 3. The number of amides is 1. The lowest BCUT2D eigenvalue weighted by Crippen LogP contribution is -2.19. The summed E-state index contributed by atoms with van der Waals surface area (Å²) in [5.41, 5.74) is 3.02. The zero-order chi connectivity index (χ0) is 16.4. The highest BCUT2D eigenvalue weighted by Gasteiger charge is 2.13. The third-order valence-electron chi connectivity index (χ3n) is 3.30. The second kappa shape index (κ2) is 9.86. The largest absolute Gasteiger partial charge is 0.390 e. The van der Waals surface area contributed by atoms with E-state index in [4.69, 9.17) is 16.9 Å². The molecule has 0 atom stereocenters. The molecular formula is C17H22ClN3O. The summed E-state index contributed by atoms with van der Waals surface area (Å²) in [6.07, 6.45) is 3.87. The van der Waals surface area contributed by atoms with Crippen LogP contribution in [0.2, 0.25) is 0 Å². The van der Waals surface area contributed by atoms with E-state index in [1.807, 2.05) is 38.1 Å². The number of hydrogen-bond donors (Lipinski definition) is 2. The van der Waals surface area contributed by atoms with Crippen LogP contribution in [-0.4, -0.2) is 18.3 Å². The summed E-state index contributed by atoms with van der Waals surface area (Å²) in [5.74, 6) is 0.148. The first-order valence-electron chi connectivity index (χ1n) is 7.49. The number of carbonyl (C=O) groups is 1. The summed E-state index contributed by atoms with van der Waals surface area (Å²) in [7, 11) is 0. The molecule has 0 heterocycles. The Morgan fingerprint density at radius 3 is 2.45 bits per heavy atom. The molecule has 0 aliphatic rings. The zero-order valence-electron chi connectivity index (χ0n) is 13.1. The normalized spacial score (nSPS) is 10.9. The van der Waals surface area contributed by atoms with Gasteiger partial charge < -0.3 is 10.6 Å². The van der Waals surface area contributed by atoms with Gasteiger partial charge in [-0.2, -0.15) is 5.26 Å². The monoisotopic (exact) mass is 319 g/mol. The summed E-state index contributed by atoms with van der Waals surface area (Å²) in [4.78, 5) is 12.3. The number of anilines is 1. The Hall–Kier alpha value is -1.99. The van der Waals surface area contributed by atoms with Crippen LogP contribution < -0.4 is 10.6 Å². The van der Waals surface area contributed by atoms with Crippen molar-refractivity contribution in [3.63, 3.8) is 0 Å². The van der Waals surface area contributed by atoms with Gasteiger partial charge in [0.25, 0.3) is 5.91 Å². The molecule has 0 radical (unpaired) electrons. The number of carbonyl (C=O) groups excluding carboxylic acids is 1. The molecule has 2 N–H and O–H groups in total. The van der Waals surface area contributed by atoms with E-state index in [1.54, 1.807) is 0 Å². The molecule has 118 valence electrons. The zero-order valence-corrected chi connectivity index (χ0v) is 13.8. The molecule has 4 nitrogen and oxygen atoms in total. The molecule has 1 aromatic rings. The highest BCUT2D eigenvalue weighted by atomic mass is 35.5. The predicted molar refractivity (Wildman–Crippen MR) is 90.9 cm³/mol. The molecule has 0 aliphatic carbocycles. The predicted octanol–water partition coefficient (Wildman–Crippen LogP) is 3.38. The quantitative estimate of drug-likeness (QED) is 0.334. The van der Waals surface area contributed by atoms with Gasteiger partial charge in [-0.1, -0.05) is 32.0 Å². The van der Waals surface area contributed by atoms with Gasteiger partial charge in [0.15, 0.2) is 0 Å². The van der Waals surface area contributed by atoms with Gasteiger partial charge in [0.05, 0.1) is 0 Å². The van der Waals surface area contributed by atoms with Crippen LogP contribution in [0.4, 0.5) is 5.69 Å². The SMILES string of the molecule is CCc1cccc(CC)c1NC(=O)/C(C#N)=C\NCCCCl. The lowest BCUT2D eigenvalue weighted by Gasteiger charge is -2.14. The van der Waals surface area contributed by atoms with Gasteiger partial charge in [-0.3, -0.25) is 4.79 Å². The molecule has 1 rings (SSSR count). The number of halogens is 1. The molecule has 0 bridgehead atoms. The molecule has 0 fully saturated rings. The van der Waals surface area contributed by atoms with Crippen LogP contribution in [0.1, 0.15) is 31.4 Å². The fourth-order valence-electron chi connectivity index (χ4n) is 2.08. The smallest absolute Gasteiger partial charge is 0.267 e. The number of benzene rings is 1. The number of aryl methyl sites for hydroxylation is 2. The van der Waals surface area contributed by atoms with Crippen molar-refractivity contribution in [3.05, 3.63) is 41.1 Å². The summed E-state index contributed by atoms with van der Waals surface area (Å²) >= 11 is 5.58. The van der Waals surface area contributed by atoms with E-state index < -0.39 is 5.91 Å². The summed E-state index contributed by atoms with van der Waals surface area (Å²) in [6, 6.07) is 7.89. The van der Waals surface area contributed by atoms with Crippen LogP contribution in [0, 0.1) is 11.3 Å². The van der Waals surface area contributed by atoms with Gasteiger partial charge >= 0.3 is 0 Å². The van der Waals surface area contributed by atoms with Gasteiger partial charge in [0.2, 0.25) is 0 Å². The van der Waals surface area contributed by atoms with E-state index in [0.717, 1.165) is 36.1 Å². The lowest BCUT2D eigenvalue weighted by atomic mass is 10.0. The van der Waals surface area contributed by atoms with E-state index >= 15 is 0 Å². The number of para-hydroxylation sites is 1. The molecular weight excluding hydrogens is 298 g/mol. The Labute approximate surface area is 137 Å². The third-order valence-corrected chi connectivity index (χ3v) is 3.57. The average molecular weight is 320 g/mol. The molecule has 5 heteroatoms. The Balaban J connectivity index is 2.89. The van der Waals surface area contributed by atoms with Crippen molar-refractivity contribution in [1.29, 1.82) is 5.26 Å². The van der Waals surface area contributed by atoms with Crippen molar-refractivity contribution in [1.82, 2.24) is 5.32 Å². The second-order valence-corrected chi connectivity index (χ2v) is 5.16. The van der Waals surface area contributed by atoms with E-state index in [9.17, 15) is 4.79 Å². The first-order valence-corrected chi connectivity index (χ1v) is 8.03. The van der Waals surface area contributed by atoms with Crippen LogP contribution in [0.3, 0.4) is 0 Å². The minimum Gasteiger partial charge on any atom is -0.390 e. The van der Waals surface area contributed by atoms with Crippen molar-refractivity contribution in [2.24, 2.45) is 0 Å². The van der Waals surface area contributed by atoms with E-state index in [2.05, 4.69) is 10.6 Å². The molecule has 1 aromatic carbocycles. The van der Waals surface area contributed by atoms with Crippen molar-refractivity contribution < 1.29 is 4.79 Å². The van der Waals surface area contributed by atoms with Crippen LogP contribution in [0.15, 0.2) is 30.0 Å². The van der Waals surface area contributed by atoms with Crippen molar-refractivity contribution in [2.75, 3.05) is 17.7 Å². The number of nitrogens with one attached hydrogen (secondary N) is 2. The van der Waals surface area contributed by atoms with Gasteiger partial charge in [-0.15, -0.1) is 11.6 Å². The Morgan fingerprint density at radius 2 is 1.95 bits per heavy atom. The first-order chi connectivity index (χ1) is 10.7. The van der Waals surface area contributed by atoms with Gasteiger partial charge in [-0.25, -0.2) is 0 Å². The summed E-state index contributed by atoms with van der Waals surface area (Å²) < 4.78 is 0. The molecule has 1 amide bonds. The maximum atomic E-state index is 12.3. The lowest BCUT2D eigenvalue weighted by molar-refractivity contribution is -0.112. The van der Waals surface area contributed by atoms with Crippen LogP contribution >= 0.6 is 11.6 Å². The van der Waals surface area contributed by atoms with Gasteiger partial charge in [0.1, 0.15) is 11.6 Å². The highest BCUT2D eigenvalue weighted by Crippen LogP contribution is 2.23. The maximum Gasteiger partial charge on any atom is 0.267 e. The van der Waals surface area contributed by atoms with Crippen molar-refractivity contribution >= 4 is 23.2 Å².